The van der Waals surface area contributed by atoms with Crippen LogP contribution in [0.2, 0.25) is 0 Å². The van der Waals surface area contributed by atoms with E-state index >= 15 is 0 Å². The quantitative estimate of drug-likeness (QED) is 0.0262. The van der Waals surface area contributed by atoms with Gasteiger partial charge in [0.1, 0.15) is 13.2 Å². The topological polar surface area (TPSA) is 78.9 Å². The molecule has 0 aliphatic rings. The third kappa shape index (κ3) is 50.9. The number of carbonyl (C=O) groups is 3. The predicted molar refractivity (Wildman–Crippen MR) is 275 cm³/mol. The first-order valence-corrected chi connectivity index (χ1v) is 28.3. The van der Waals surface area contributed by atoms with Gasteiger partial charge in [-0.05, 0) is 70.6 Å². The molecule has 64 heavy (non-hydrogen) atoms. The molecule has 0 aliphatic heterocycles. The summed E-state index contributed by atoms with van der Waals surface area (Å²) in [6.45, 7) is 6.66. The molecule has 0 rings (SSSR count). The highest BCUT2D eigenvalue weighted by molar-refractivity contribution is 5.71. The van der Waals surface area contributed by atoms with E-state index in [0.29, 0.717) is 19.3 Å². The summed E-state index contributed by atoms with van der Waals surface area (Å²) in [4.78, 5) is 38.1. The lowest BCUT2D eigenvalue weighted by atomic mass is 10.0. The van der Waals surface area contributed by atoms with Gasteiger partial charge in [-0.2, -0.15) is 0 Å². The van der Waals surface area contributed by atoms with Gasteiger partial charge in [0, 0.05) is 19.3 Å². The summed E-state index contributed by atoms with van der Waals surface area (Å²) in [6.07, 6.45) is 61.6. The van der Waals surface area contributed by atoms with Gasteiger partial charge in [-0.25, -0.2) is 0 Å². The Morgan fingerprint density at radius 2 is 0.516 bits per heavy atom. The highest BCUT2D eigenvalue weighted by atomic mass is 16.6. The molecule has 0 saturated carbocycles. The van der Waals surface area contributed by atoms with Crippen molar-refractivity contribution in [3.63, 3.8) is 0 Å². The maximum Gasteiger partial charge on any atom is 0.306 e. The minimum atomic E-state index is -0.775. The summed E-state index contributed by atoms with van der Waals surface area (Å²) in [6, 6.07) is 0. The molecule has 376 valence electrons. The molecule has 0 unspecified atom stereocenters. The smallest absolute Gasteiger partial charge is 0.306 e. The van der Waals surface area contributed by atoms with Crippen molar-refractivity contribution in [2.45, 2.75) is 316 Å². The van der Waals surface area contributed by atoms with Crippen LogP contribution in [0, 0.1) is 0 Å². The van der Waals surface area contributed by atoms with Crippen molar-refractivity contribution in [3.8, 4) is 0 Å². The zero-order valence-electron chi connectivity index (χ0n) is 43.1. The van der Waals surface area contributed by atoms with Gasteiger partial charge in [0.25, 0.3) is 0 Å². The molecule has 0 amide bonds. The highest BCUT2D eigenvalue weighted by Crippen LogP contribution is 2.16. The van der Waals surface area contributed by atoms with Crippen LogP contribution in [-0.2, 0) is 28.6 Å². The Kier molecular flexibility index (Phi) is 51.7. The second kappa shape index (κ2) is 53.5. The Hall–Kier alpha value is -2.11. The van der Waals surface area contributed by atoms with Crippen molar-refractivity contribution < 1.29 is 28.6 Å². The van der Waals surface area contributed by atoms with Gasteiger partial charge in [0.15, 0.2) is 6.10 Å². The fraction of sp³-hybridized carbons (Fsp3) is 0.879. The van der Waals surface area contributed by atoms with E-state index in [0.717, 1.165) is 70.6 Å². The molecule has 0 N–H and O–H groups in total. The molecule has 0 aromatic heterocycles. The number of allylic oxidation sites excluding steroid dienone is 4. The molecule has 0 saturated heterocycles. The van der Waals surface area contributed by atoms with Gasteiger partial charge in [-0.15, -0.1) is 0 Å². The average Bonchev–Trinajstić information content (AvgIpc) is 3.29. The molecule has 6 nitrogen and oxygen atoms in total. The fourth-order valence-electron chi connectivity index (χ4n) is 8.37. The zero-order chi connectivity index (χ0) is 46.5. The predicted octanol–water partition coefficient (Wildman–Crippen LogP) is 18.7. The molecule has 0 radical (unpaired) electrons. The number of rotatable bonds is 52. The van der Waals surface area contributed by atoms with Crippen molar-refractivity contribution in [3.05, 3.63) is 24.3 Å². The van der Waals surface area contributed by atoms with Crippen LogP contribution in [0.1, 0.15) is 310 Å². The first-order valence-electron chi connectivity index (χ1n) is 28.3. The summed E-state index contributed by atoms with van der Waals surface area (Å²) >= 11 is 0. The van der Waals surface area contributed by atoms with Crippen LogP contribution < -0.4 is 0 Å². The summed E-state index contributed by atoms with van der Waals surface area (Å²) in [5.74, 6) is -0.872. The number of esters is 3. The molecule has 1 atom stereocenters. The molecule has 6 heteroatoms. The summed E-state index contributed by atoms with van der Waals surface area (Å²) in [5.41, 5.74) is 0. The summed E-state index contributed by atoms with van der Waals surface area (Å²) < 4.78 is 16.9. The minimum Gasteiger partial charge on any atom is -0.462 e. The van der Waals surface area contributed by atoms with E-state index < -0.39 is 6.10 Å². The van der Waals surface area contributed by atoms with Gasteiger partial charge >= 0.3 is 17.9 Å². The maximum absolute atomic E-state index is 12.8. The van der Waals surface area contributed by atoms with Gasteiger partial charge in [0.05, 0.1) is 0 Å². The van der Waals surface area contributed by atoms with Crippen LogP contribution in [0.4, 0.5) is 0 Å². The van der Waals surface area contributed by atoms with Gasteiger partial charge < -0.3 is 14.2 Å². The minimum absolute atomic E-state index is 0.0729. The second-order valence-electron chi connectivity index (χ2n) is 19.2. The van der Waals surface area contributed by atoms with Crippen molar-refractivity contribution in [2.75, 3.05) is 13.2 Å². The lowest BCUT2D eigenvalue weighted by Crippen LogP contribution is -2.30. The Balaban J connectivity index is 4.35. The third-order valence-corrected chi connectivity index (χ3v) is 12.7. The fourth-order valence-corrected chi connectivity index (χ4v) is 8.37. The zero-order valence-corrected chi connectivity index (χ0v) is 43.1. The molecule has 0 bridgehead atoms. The largest absolute Gasteiger partial charge is 0.462 e. The number of ether oxygens (including phenoxy) is 3. The normalized spacial score (nSPS) is 12.1. The van der Waals surface area contributed by atoms with E-state index in [9.17, 15) is 14.4 Å². The standard InChI is InChI=1S/C58H108O6/c1-4-7-10-13-16-19-22-25-28-31-33-36-39-42-45-48-51-57(60)63-54-55(64-58(61)52-49-46-43-40-37-34-30-27-24-21-18-15-12-9-6-3)53-62-56(59)50-47-44-41-38-35-32-29-26-23-20-17-14-11-8-5-2/h26-27,29-30,55H,4-25,28,31-54H2,1-3H3/b29-26-,30-27-/t55-/m1/s1. The van der Waals surface area contributed by atoms with Crippen molar-refractivity contribution >= 4 is 17.9 Å². The number of hydrogen-bond acceptors (Lipinski definition) is 6. The first kappa shape index (κ1) is 61.9. The van der Waals surface area contributed by atoms with Crippen molar-refractivity contribution in [2.24, 2.45) is 0 Å². The average molecular weight is 901 g/mol. The van der Waals surface area contributed by atoms with Crippen LogP contribution in [0.25, 0.3) is 0 Å². The molecule has 0 fully saturated rings. The van der Waals surface area contributed by atoms with E-state index in [4.69, 9.17) is 14.2 Å². The Labute approximate surface area is 398 Å². The van der Waals surface area contributed by atoms with Crippen LogP contribution in [-0.4, -0.2) is 37.2 Å². The Morgan fingerprint density at radius 3 is 0.781 bits per heavy atom. The molecule has 0 aromatic rings. The Morgan fingerprint density at radius 1 is 0.297 bits per heavy atom. The lowest BCUT2D eigenvalue weighted by molar-refractivity contribution is -0.167. The molecule has 0 aliphatic carbocycles. The molecular formula is C58H108O6. The number of unbranched alkanes of at least 4 members (excludes halogenated alkanes) is 37. The lowest BCUT2D eigenvalue weighted by Gasteiger charge is -2.18. The van der Waals surface area contributed by atoms with E-state index in [1.54, 1.807) is 0 Å². The molecule has 0 heterocycles. The van der Waals surface area contributed by atoms with E-state index in [2.05, 4.69) is 45.1 Å². The van der Waals surface area contributed by atoms with Gasteiger partial charge in [-0.3, -0.25) is 14.4 Å². The van der Waals surface area contributed by atoms with Crippen LogP contribution >= 0.6 is 0 Å². The summed E-state index contributed by atoms with van der Waals surface area (Å²) in [5, 5.41) is 0. The Bertz CT molecular complexity index is 1040. The van der Waals surface area contributed by atoms with Crippen LogP contribution in [0.3, 0.4) is 0 Å². The molecule has 0 spiro atoms. The number of carbonyl (C=O) groups excluding carboxylic acids is 3. The second-order valence-corrected chi connectivity index (χ2v) is 19.2. The monoisotopic (exact) mass is 901 g/mol. The van der Waals surface area contributed by atoms with Crippen molar-refractivity contribution in [1.82, 2.24) is 0 Å². The molecule has 0 aromatic carbocycles. The van der Waals surface area contributed by atoms with Crippen molar-refractivity contribution in [1.29, 1.82) is 0 Å². The van der Waals surface area contributed by atoms with Gasteiger partial charge in [0.2, 0.25) is 0 Å². The van der Waals surface area contributed by atoms with Gasteiger partial charge in [-0.1, -0.05) is 244 Å². The van der Waals surface area contributed by atoms with E-state index in [1.807, 2.05) is 0 Å². The van der Waals surface area contributed by atoms with Crippen LogP contribution in [0.15, 0.2) is 24.3 Å². The summed E-state index contributed by atoms with van der Waals surface area (Å²) in [7, 11) is 0. The SMILES string of the molecule is CCCCCCCC/C=C\CCCCCCCC(=O)OC[C@H](COC(=O)CCCCCCCCCCCCCCCCCC)OC(=O)CCCCCCC/C=C\CCCCCCCC. The third-order valence-electron chi connectivity index (χ3n) is 12.7. The highest BCUT2D eigenvalue weighted by Gasteiger charge is 2.19. The van der Waals surface area contributed by atoms with E-state index in [-0.39, 0.29) is 31.1 Å². The van der Waals surface area contributed by atoms with E-state index in [1.165, 1.54) is 199 Å². The first-order chi connectivity index (χ1) is 31.5. The van der Waals surface area contributed by atoms with Crippen LogP contribution in [0.5, 0.6) is 0 Å². The number of hydrogen-bond donors (Lipinski definition) is 0. The molecular weight excluding hydrogens is 793 g/mol. The maximum atomic E-state index is 12.8.